The molecule has 67 heavy (non-hydrogen) atoms. The van der Waals surface area contributed by atoms with Crippen LogP contribution in [0.1, 0.15) is 328 Å². The van der Waals surface area contributed by atoms with E-state index < -0.39 is 12.1 Å². The first-order valence-electron chi connectivity index (χ1n) is 30.1. The molecule has 2 atom stereocenters. The highest BCUT2D eigenvalue weighted by Crippen LogP contribution is 2.17. The van der Waals surface area contributed by atoms with Crippen LogP contribution in [0.2, 0.25) is 0 Å². The molecule has 396 valence electrons. The molecular formula is C61H117NO5. The number of hydrogen-bond donors (Lipinski definition) is 3. The zero-order valence-corrected chi connectivity index (χ0v) is 45.1. The molecule has 0 radical (unpaired) electrons. The van der Waals surface area contributed by atoms with Gasteiger partial charge in [0.1, 0.15) is 0 Å². The Morgan fingerprint density at radius 3 is 1.13 bits per heavy atom. The zero-order chi connectivity index (χ0) is 48.6. The van der Waals surface area contributed by atoms with Crippen LogP contribution in [0.15, 0.2) is 24.3 Å². The lowest BCUT2D eigenvalue weighted by atomic mass is 10.0. The molecular weight excluding hydrogens is 827 g/mol. The van der Waals surface area contributed by atoms with Crippen LogP contribution in [0.25, 0.3) is 0 Å². The van der Waals surface area contributed by atoms with Crippen molar-refractivity contribution in [2.45, 2.75) is 341 Å². The van der Waals surface area contributed by atoms with Crippen LogP contribution in [-0.2, 0) is 14.3 Å². The van der Waals surface area contributed by atoms with Crippen LogP contribution in [0.5, 0.6) is 0 Å². The van der Waals surface area contributed by atoms with Gasteiger partial charge in [-0.1, -0.05) is 276 Å². The second-order valence-electron chi connectivity index (χ2n) is 20.7. The first-order valence-corrected chi connectivity index (χ1v) is 30.1. The highest BCUT2D eigenvalue weighted by molar-refractivity contribution is 5.76. The fourth-order valence-electron chi connectivity index (χ4n) is 9.38. The van der Waals surface area contributed by atoms with Crippen molar-refractivity contribution in [3.8, 4) is 0 Å². The van der Waals surface area contributed by atoms with E-state index in [9.17, 15) is 19.8 Å². The van der Waals surface area contributed by atoms with Crippen molar-refractivity contribution < 1.29 is 24.5 Å². The van der Waals surface area contributed by atoms with Gasteiger partial charge in [0.25, 0.3) is 0 Å². The summed E-state index contributed by atoms with van der Waals surface area (Å²) >= 11 is 0. The molecule has 6 heteroatoms. The maximum atomic E-state index is 12.5. The molecule has 1 amide bonds. The van der Waals surface area contributed by atoms with E-state index in [0.717, 1.165) is 83.5 Å². The lowest BCUT2D eigenvalue weighted by molar-refractivity contribution is -0.143. The molecule has 0 aliphatic carbocycles. The normalized spacial score (nSPS) is 12.7. The number of rotatable bonds is 56. The number of amides is 1. The summed E-state index contributed by atoms with van der Waals surface area (Å²) < 4.78 is 5.45. The Bertz CT molecular complexity index is 1040. The van der Waals surface area contributed by atoms with Crippen molar-refractivity contribution in [2.75, 3.05) is 13.2 Å². The van der Waals surface area contributed by atoms with Crippen molar-refractivity contribution in [1.82, 2.24) is 5.32 Å². The van der Waals surface area contributed by atoms with E-state index in [1.807, 2.05) is 0 Å². The van der Waals surface area contributed by atoms with E-state index in [1.165, 1.54) is 212 Å². The number of allylic oxidation sites excluding steroid dienone is 4. The monoisotopic (exact) mass is 944 g/mol. The van der Waals surface area contributed by atoms with Gasteiger partial charge >= 0.3 is 5.97 Å². The van der Waals surface area contributed by atoms with Crippen molar-refractivity contribution in [2.24, 2.45) is 0 Å². The van der Waals surface area contributed by atoms with E-state index in [-0.39, 0.29) is 18.5 Å². The van der Waals surface area contributed by atoms with Gasteiger partial charge in [-0.05, 0) is 64.2 Å². The quantitative estimate of drug-likeness (QED) is 0.0321. The Morgan fingerprint density at radius 2 is 0.746 bits per heavy atom. The Hall–Kier alpha value is -1.66. The molecule has 0 aromatic heterocycles. The molecule has 0 fully saturated rings. The fourth-order valence-corrected chi connectivity index (χ4v) is 9.38. The SMILES string of the molecule is CCCCCCCCCCCCCCCCCCCCCCC(O)C(CO)NC(=O)CCCCCCCCC/C=C\C/C=C\CCCCCOC(=O)CCCCCCCCCCCCCCC. The molecule has 0 rings (SSSR count). The van der Waals surface area contributed by atoms with Gasteiger partial charge in [0.2, 0.25) is 5.91 Å². The van der Waals surface area contributed by atoms with Crippen LogP contribution in [0.4, 0.5) is 0 Å². The number of aliphatic hydroxyl groups is 2. The van der Waals surface area contributed by atoms with E-state index >= 15 is 0 Å². The Labute approximate surface area is 418 Å². The van der Waals surface area contributed by atoms with Crippen molar-refractivity contribution in [3.63, 3.8) is 0 Å². The van der Waals surface area contributed by atoms with Crippen LogP contribution < -0.4 is 5.32 Å². The molecule has 0 aliphatic rings. The number of aliphatic hydroxyl groups excluding tert-OH is 2. The Morgan fingerprint density at radius 1 is 0.418 bits per heavy atom. The number of unbranched alkanes of at least 4 members (excludes halogenated alkanes) is 41. The van der Waals surface area contributed by atoms with Crippen molar-refractivity contribution in [1.29, 1.82) is 0 Å². The van der Waals surface area contributed by atoms with Crippen LogP contribution in [0, 0.1) is 0 Å². The Kier molecular flexibility index (Phi) is 55.5. The number of ether oxygens (including phenoxy) is 1. The summed E-state index contributed by atoms with van der Waals surface area (Å²) in [6, 6.07) is -0.554. The summed E-state index contributed by atoms with van der Waals surface area (Å²) in [6.45, 7) is 4.93. The molecule has 0 spiro atoms. The maximum Gasteiger partial charge on any atom is 0.305 e. The summed E-state index contributed by atoms with van der Waals surface area (Å²) in [4.78, 5) is 24.5. The number of carbonyl (C=O) groups is 2. The summed E-state index contributed by atoms with van der Waals surface area (Å²) in [5, 5.41) is 23.3. The predicted octanol–water partition coefficient (Wildman–Crippen LogP) is 18.6. The van der Waals surface area contributed by atoms with Crippen molar-refractivity contribution >= 4 is 11.9 Å². The number of nitrogens with one attached hydrogen (secondary N) is 1. The smallest absolute Gasteiger partial charge is 0.305 e. The van der Waals surface area contributed by atoms with E-state index in [2.05, 4.69) is 43.5 Å². The topological polar surface area (TPSA) is 95.9 Å². The second kappa shape index (κ2) is 56.9. The molecule has 0 heterocycles. The summed E-state index contributed by atoms with van der Waals surface area (Å²) in [5.41, 5.74) is 0. The minimum absolute atomic E-state index is 0.0134. The van der Waals surface area contributed by atoms with Gasteiger partial charge < -0.3 is 20.3 Å². The molecule has 0 bridgehead atoms. The highest BCUT2D eigenvalue weighted by Gasteiger charge is 2.20. The van der Waals surface area contributed by atoms with Gasteiger partial charge in [-0.25, -0.2) is 0 Å². The third kappa shape index (κ3) is 53.5. The van der Waals surface area contributed by atoms with Crippen LogP contribution >= 0.6 is 0 Å². The predicted molar refractivity (Wildman–Crippen MR) is 292 cm³/mol. The lowest BCUT2D eigenvalue weighted by Gasteiger charge is -2.22. The molecule has 0 saturated carbocycles. The highest BCUT2D eigenvalue weighted by atomic mass is 16.5. The maximum absolute atomic E-state index is 12.5. The number of carbonyl (C=O) groups excluding carboxylic acids is 2. The molecule has 0 aromatic carbocycles. The average Bonchev–Trinajstić information content (AvgIpc) is 3.33. The summed E-state index contributed by atoms with van der Waals surface area (Å²) in [5.74, 6) is -0.0616. The third-order valence-corrected chi connectivity index (χ3v) is 14.0. The van der Waals surface area contributed by atoms with Gasteiger partial charge in [0, 0.05) is 12.8 Å². The Balaban J connectivity index is 3.49. The first kappa shape index (κ1) is 65.3. The van der Waals surface area contributed by atoms with Gasteiger partial charge in [0.15, 0.2) is 0 Å². The molecule has 0 saturated heterocycles. The van der Waals surface area contributed by atoms with E-state index in [4.69, 9.17) is 4.74 Å². The second-order valence-corrected chi connectivity index (χ2v) is 20.7. The van der Waals surface area contributed by atoms with Crippen LogP contribution in [0.3, 0.4) is 0 Å². The molecule has 3 N–H and O–H groups in total. The van der Waals surface area contributed by atoms with Crippen molar-refractivity contribution in [3.05, 3.63) is 24.3 Å². The standard InChI is InChI=1S/C61H117NO5/c1-3-5-7-9-11-13-15-17-18-19-20-21-23-26-30-33-37-41-45-49-53-59(64)58(57-63)62-60(65)54-50-46-42-38-34-31-27-24-22-25-28-32-36-40-44-48-52-56-67-61(66)55-51-47-43-39-35-29-16-14-12-10-8-6-4-2/h22,25,32,36,58-59,63-64H,3-21,23-24,26-31,33-35,37-57H2,1-2H3,(H,62,65)/b25-22-,36-32-. The zero-order valence-electron chi connectivity index (χ0n) is 45.1. The molecule has 2 unspecified atom stereocenters. The summed E-state index contributed by atoms with van der Waals surface area (Å²) in [6.07, 6.45) is 68.9. The minimum Gasteiger partial charge on any atom is -0.466 e. The first-order chi connectivity index (χ1) is 33.0. The number of esters is 1. The largest absolute Gasteiger partial charge is 0.466 e. The number of hydrogen-bond acceptors (Lipinski definition) is 5. The van der Waals surface area contributed by atoms with Gasteiger partial charge in [0.05, 0.1) is 25.4 Å². The summed E-state index contributed by atoms with van der Waals surface area (Å²) in [7, 11) is 0. The van der Waals surface area contributed by atoms with E-state index in [0.29, 0.717) is 25.9 Å². The third-order valence-electron chi connectivity index (χ3n) is 14.0. The fraction of sp³-hybridized carbons (Fsp3) is 0.902. The molecule has 0 aromatic rings. The van der Waals surface area contributed by atoms with Gasteiger partial charge in [-0.3, -0.25) is 9.59 Å². The lowest BCUT2D eigenvalue weighted by Crippen LogP contribution is -2.45. The van der Waals surface area contributed by atoms with Gasteiger partial charge in [-0.15, -0.1) is 0 Å². The van der Waals surface area contributed by atoms with E-state index in [1.54, 1.807) is 0 Å². The van der Waals surface area contributed by atoms with Gasteiger partial charge in [-0.2, -0.15) is 0 Å². The molecule has 6 nitrogen and oxygen atoms in total. The molecule has 0 aliphatic heterocycles. The average molecular weight is 945 g/mol. The minimum atomic E-state index is -0.675. The van der Waals surface area contributed by atoms with Crippen LogP contribution in [-0.4, -0.2) is 47.4 Å².